The van der Waals surface area contributed by atoms with Crippen LogP contribution in [0.15, 0.2) is 168 Å². The fourth-order valence-corrected chi connectivity index (χ4v) is 8.34. The van der Waals surface area contributed by atoms with Gasteiger partial charge in [0.25, 0.3) is 0 Å². The molecule has 2 heterocycles. The van der Waals surface area contributed by atoms with Gasteiger partial charge in [-0.15, -0.1) is 11.3 Å². The quantitative estimate of drug-likeness (QED) is 0.195. The highest BCUT2D eigenvalue weighted by molar-refractivity contribution is 7.25. The van der Waals surface area contributed by atoms with E-state index in [0.29, 0.717) is 0 Å². The van der Waals surface area contributed by atoms with Crippen LogP contribution in [0.25, 0.3) is 74.8 Å². The lowest BCUT2D eigenvalue weighted by Crippen LogP contribution is -2.09. The molecule has 8 aromatic carbocycles. The molecule has 0 unspecified atom stereocenters. The second-order valence-electron chi connectivity index (χ2n) is 12.1. The van der Waals surface area contributed by atoms with Gasteiger partial charge in [0.2, 0.25) is 0 Å². The number of hydrogen-bond acceptors (Lipinski definition) is 3. The Morgan fingerprint density at radius 2 is 1.04 bits per heavy atom. The number of rotatable bonds is 4. The smallest absolute Gasteiger partial charge is 0.143 e. The van der Waals surface area contributed by atoms with Crippen molar-refractivity contribution < 1.29 is 4.42 Å². The minimum absolute atomic E-state index is 0.913. The fourth-order valence-electron chi connectivity index (χ4n) is 7.20. The van der Waals surface area contributed by atoms with Crippen molar-refractivity contribution in [1.82, 2.24) is 0 Å². The molecule has 2 aromatic heterocycles. The molecule has 2 nitrogen and oxygen atoms in total. The average Bonchev–Trinajstić information content (AvgIpc) is 3.70. The maximum atomic E-state index is 6.49. The summed E-state index contributed by atoms with van der Waals surface area (Å²) in [6.07, 6.45) is 0. The number of hydrogen-bond donors (Lipinski definition) is 0. The number of anilines is 3. The first-order chi connectivity index (χ1) is 23.3. The van der Waals surface area contributed by atoms with E-state index in [1.807, 2.05) is 17.4 Å². The third-order valence-corrected chi connectivity index (χ3v) is 10.6. The number of thiophene rings is 1. The summed E-state index contributed by atoms with van der Waals surface area (Å²) in [7, 11) is 0. The Balaban J connectivity index is 1.17. The van der Waals surface area contributed by atoms with Crippen LogP contribution in [-0.4, -0.2) is 0 Å². The van der Waals surface area contributed by atoms with Crippen LogP contribution in [0.1, 0.15) is 0 Å². The van der Waals surface area contributed by atoms with Gasteiger partial charge < -0.3 is 9.32 Å². The standard InChI is InChI=1S/C44H27NOS/c1-2-10-34-28(8-1)9-7-13-35(34)29-16-20-31(21-17-29)45(33-23-25-38-37-12-4-6-15-42(37)47-43(38)27-33)32-22-18-30-19-24-39-36-11-3-5-14-41(36)46-44(39)40(30)26-32/h1-27H. The molecular formula is C44H27NOS. The molecule has 10 aromatic rings. The highest BCUT2D eigenvalue weighted by Crippen LogP contribution is 2.43. The minimum Gasteiger partial charge on any atom is -0.455 e. The predicted octanol–water partition coefficient (Wildman–Crippen LogP) is 13.4. The molecule has 0 saturated heterocycles. The Labute approximate surface area is 275 Å². The van der Waals surface area contributed by atoms with Crippen molar-refractivity contribution in [2.45, 2.75) is 0 Å². The summed E-state index contributed by atoms with van der Waals surface area (Å²) in [6, 6.07) is 59.1. The number of nitrogens with zero attached hydrogens (tertiary/aromatic N) is 1. The van der Waals surface area contributed by atoms with E-state index in [0.717, 1.165) is 49.8 Å². The van der Waals surface area contributed by atoms with Gasteiger partial charge in [0.15, 0.2) is 0 Å². The number of benzene rings is 8. The molecule has 0 saturated carbocycles. The molecular weight excluding hydrogens is 591 g/mol. The molecule has 0 spiro atoms. The molecule has 0 atom stereocenters. The largest absolute Gasteiger partial charge is 0.455 e. The molecule has 0 aliphatic carbocycles. The molecule has 10 rings (SSSR count). The first-order valence-electron chi connectivity index (χ1n) is 15.9. The summed E-state index contributed by atoms with van der Waals surface area (Å²) in [5.41, 5.74) is 7.60. The highest BCUT2D eigenvalue weighted by atomic mass is 32.1. The van der Waals surface area contributed by atoms with Crippen LogP contribution in [0.4, 0.5) is 17.1 Å². The van der Waals surface area contributed by atoms with Gasteiger partial charge in [-0.1, -0.05) is 109 Å². The number of furan rings is 1. The van der Waals surface area contributed by atoms with E-state index in [1.54, 1.807) is 0 Å². The minimum atomic E-state index is 0.913. The summed E-state index contributed by atoms with van der Waals surface area (Å²) in [4.78, 5) is 2.37. The highest BCUT2D eigenvalue weighted by Gasteiger charge is 2.18. The Kier molecular flexibility index (Phi) is 5.78. The van der Waals surface area contributed by atoms with Crippen molar-refractivity contribution >= 4 is 92.1 Å². The van der Waals surface area contributed by atoms with E-state index in [4.69, 9.17) is 4.42 Å². The predicted molar refractivity (Wildman–Crippen MR) is 202 cm³/mol. The van der Waals surface area contributed by atoms with Crippen molar-refractivity contribution in [2.24, 2.45) is 0 Å². The SMILES string of the molecule is c1ccc2c(-c3ccc(N(c4ccc5c(c4)sc4ccccc45)c4ccc5ccc6c7ccccc7oc6c5c4)cc3)cccc2c1. The van der Waals surface area contributed by atoms with Crippen molar-refractivity contribution in [2.75, 3.05) is 4.90 Å². The molecule has 3 heteroatoms. The molecule has 0 N–H and O–H groups in total. The van der Waals surface area contributed by atoms with Gasteiger partial charge in [-0.25, -0.2) is 0 Å². The first-order valence-corrected chi connectivity index (χ1v) is 16.7. The molecule has 0 bridgehead atoms. The second-order valence-corrected chi connectivity index (χ2v) is 13.2. The van der Waals surface area contributed by atoms with E-state index in [1.165, 1.54) is 42.1 Å². The molecule has 0 radical (unpaired) electrons. The summed E-state index contributed by atoms with van der Waals surface area (Å²) in [6.45, 7) is 0. The van der Waals surface area contributed by atoms with Crippen molar-refractivity contribution in [3.63, 3.8) is 0 Å². The van der Waals surface area contributed by atoms with Crippen molar-refractivity contribution in [3.8, 4) is 11.1 Å². The zero-order valence-electron chi connectivity index (χ0n) is 25.4. The van der Waals surface area contributed by atoms with Crippen molar-refractivity contribution in [1.29, 1.82) is 0 Å². The Hall–Kier alpha value is -5.90. The van der Waals surface area contributed by atoms with E-state index in [2.05, 4.69) is 163 Å². The van der Waals surface area contributed by atoms with Crippen LogP contribution in [0.2, 0.25) is 0 Å². The van der Waals surface area contributed by atoms with E-state index in [9.17, 15) is 0 Å². The molecule has 0 amide bonds. The van der Waals surface area contributed by atoms with Crippen LogP contribution in [0, 0.1) is 0 Å². The summed E-state index contributed by atoms with van der Waals surface area (Å²) in [5.74, 6) is 0. The van der Waals surface area contributed by atoms with Gasteiger partial charge in [-0.2, -0.15) is 0 Å². The summed E-state index contributed by atoms with van der Waals surface area (Å²) >= 11 is 1.85. The van der Waals surface area contributed by atoms with Gasteiger partial charge in [0.1, 0.15) is 11.2 Å². The van der Waals surface area contributed by atoms with Gasteiger partial charge in [0.05, 0.1) is 0 Å². The lowest BCUT2D eigenvalue weighted by molar-refractivity contribution is 0.672. The van der Waals surface area contributed by atoms with Gasteiger partial charge >= 0.3 is 0 Å². The monoisotopic (exact) mass is 617 g/mol. The lowest BCUT2D eigenvalue weighted by Gasteiger charge is -2.26. The van der Waals surface area contributed by atoms with E-state index in [-0.39, 0.29) is 0 Å². The van der Waals surface area contributed by atoms with Crippen LogP contribution in [0.5, 0.6) is 0 Å². The Bertz CT molecular complexity index is 2800. The molecule has 220 valence electrons. The maximum absolute atomic E-state index is 6.49. The normalized spacial score (nSPS) is 11.8. The molecule has 0 aliphatic rings. The van der Waals surface area contributed by atoms with Crippen LogP contribution < -0.4 is 4.90 Å². The van der Waals surface area contributed by atoms with Gasteiger partial charge in [-0.05, 0) is 81.9 Å². The third-order valence-electron chi connectivity index (χ3n) is 9.45. The van der Waals surface area contributed by atoms with Crippen LogP contribution in [-0.2, 0) is 0 Å². The van der Waals surface area contributed by atoms with Crippen molar-refractivity contribution in [3.05, 3.63) is 164 Å². The molecule has 0 fully saturated rings. The van der Waals surface area contributed by atoms with Crippen LogP contribution >= 0.6 is 11.3 Å². The number of para-hydroxylation sites is 1. The summed E-state index contributed by atoms with van der Waals surface area (Å²) < 4.78 is 9.07. The Morgan fingerprint density at radius 1 is 0.404 bits per heavy atom. The van der Waals surface area contributed by atoms with Crippen LogP contribution in [0.3, 0.4) is 0 Å². The van der Waals surface area contributed by atoms with Gasteiger partial charge in [-0.3, -0.25) is 0 Å². The zero-order valence-corrected chi connectivity index (χ0v) is 26.2. The van der Waals surface area contributed by atoms with E-state index < -0.39 is 0 Å². The summed E-state index contributed by atoms with van der Waals surface area (Å²) in [5, 5.41) is 9.67. The third kappa shape index (κ3) is 4.17. The number of fused-ring (bicyclic) bond motifs is 9. The van der Waals surface area contributed by atoms with Gasteiger partial charge in [0, 0.05) is 53.4 Å². The topological polar surface area (TPSA) is 16.4 Å². The van der Waals surface area contributed by atoms with E-state index >= 15 is 0 Å². The maximum Gasteiger partial charge on any atom is 0.143 e. The first kappa shape index (κ1) is 26.3. The zero-order chi connectivity index (χ0) is 30.9. The molecule has 47 heavy (non-hydrogen) atoms. The fraction of sp³-hybridized carbons (Fsp3) is 0. The molecule has 0 aliphatic heterocycles. The lowest BCUT2D eigenvalue weighted by atomic mass is 9.98. The average molecular weight is 618 g/mol. The second kappa shape index (κ2) is 10.3. The Morgan fingerprint density at radius 3 is 1.96 bits per heavy atom.